The summed E-state index contributed by atoms with van der Waals surface area (Å²) < 4.78 is 6.41. The van der Waals surface area contributed by atoms with Crippen LogP contribution >= 0.6 is 40.3 Å². The smallest absolute Gasteiger partial charge is 0.371 e. The molecular weight excluding hydrogens is 384 g/mol. The van der Waals surface area contributed by atoms with E-state index in [0.717, 1.165) is 10.6 Å². The van der Waals surface area contributed by atoms with Crippen LogP contribution in [0.15, 0.2) is 39.4 Å². The van der Waals surface area contributed by atoms with Gasteiger partial charge in [-0.15, -0.1) is 0 Å². The monoisotopic (exact) mass is 390 g/mol. The SMILES string of the molecule is O=C(O)c1cc(N(S)C(=O)Nc2ccc(Br)c(Cl)c2)co1. The second-order valence-electron chi connectivity index (χ2n) is 3.85. The largest absolute Gasteiger partial charge is 0.475 e. The number of carbonyl (C=O) groups is 2. The zero-order valence-electron chi connectivity index (χ0n) is 10.2. The van der Waals surface area contributed by atoms with E-state index in [2.05, 4.69) is 34.1 Å². The topological polar surface area (TPSA) is 82.8 Å². The number of anilines is 2. The molecule has 0 fully saturated rings. The van der Waals surface area contributed by atoms with Gasteiger partial charge in [-0.05, 0) is 34.1 Å². The van der Waals surface area contributed by atoms with Crippen LogP contribution in [0.4, 0.5) is 16.2 Å². The second kappa shape index (κ2) is 6.42. The molecule has 6 nitrogen and oxygen atoms in total. The molecule has 2 aromatic rings. The van der Waals surface area contributed by atoms with Crippen molar-refractivity contribution < 1.29 is 19.1 Å². The number of furan rings is 1. The molecule has 0 aliphatic rings. The van der Waals surface area contributed by atoms with E-state index in [1.54, 1.807) is 18.2 Å². The Balaban J connectivity index is 2.11. The van der Waals surface area contributed by atoms with Crippen LogP contribution in [0.2, 0.25) is 5.02 Å². The average Bonchev–Trinajstić information content (AvgIpc) is 2.92. The second-order valence-corrected chi connectivity index (χ2v) is 5.51. The Bertz CT molecular complexity index is 706. The first-order valence-electron chi connectivity index (χ1n) is 5.45. The number of hydrogen-bond acceptors (Lipinski definition) is 4. The lowest BCUT2D eigenvalue weighted by atomic mass is 10.3. The predicted molar refractivity (Wildman–Crippen MR) is 85.3 cm³/mol. The van der Waals surface area contributed by atoms with Crippen molar-refractivity contribution in [1.29, 1.82) is 0 Å². The first-order chi connectivity index (χ1) is 9.88. The third-order valence-corrected chi connectivity index (χ3v) is 4.05. The maximum absolute atomic E-state index is 12.0. The molecule has 0 aliphatic heterocycles. The Kier molecular flexibility index (Phi) is 4.81. The number of hydrogen-bond donors (Lipinski definition) is 3. The molecule has 0 spiro atoms. The maximum Gasteiger partial charge on any atom is 0.371 e. The molecule has 1 heterocycles. The van der Waals surface area contributed by atoms with Crippen molar-refractivity contribution in [3.63, 3.8) is 0 Å². The standard InChI is InChI=1S/C12H8BrClN2O4S/c13-8-2-1-6(3-9(8)14)15-12(19)16(21)7-4-10(11(17)18)20-5-7/h1-5,21H,(H,15,19)(H,17,18). The molecule has 2 rings (SSSR count). The van der Waals surface area contributed by atoms with Gasteiger partial charge in [0.25, 0.3) is 0 Å². The molecule has 2 amide bonds. The number of thiol groups is 1. The van der Waals surface area contributed by atoms with Crippen molar-refractivity contribution in [2.24, 2.45) is 0 Å². The summed E-state index contributed by atoms with van der Waals surface area (Å²) in [6, 6.07) is 5.48. The Morgan fingerprint density at radius 1 is 1.38 bits per heavy atom. The van der Waals surface area contributed by atoms with Gasteiger partial charge in [-0.2, -0.15) is 0 Å². The summed E-state index contributed by atoms with van der Waals surface area (Å²) in [5.41, 5.74) is 0.658. The minimum Gasteiger partial charge on any atom is -0.475 e. The molecule has 21 heavy (non-hydrogen) atoms. The van der Waals surface area contributed by atoms with E-state index in [1.807, 2.05) is 0 Å². The van der Waals surface area contributed by atoms with E-state index in [9.17, 15) is 9.59 Å². The van der Waals surface area contributed by atoms with Gasteiger partial charge in [-0.3, -0.25) is 0 Å². The summed E-state index contributed by atoms with van der Waals surface area (Å²) >= 11 is 13.2. The molecule has 2 N–H and O–H groups in total. The highest BCUT2D eigenvalue weighted by molar-refractivity contribution is 9.10. The van der Waals surface area contributed by atoms with Gasteiger partial charge in [-0.25, -0.2) is 13.9 Å². The molecule has 110 valence electrons. The molecule has 1 aromatic carbocycles. The highest BCUT2D eigenvalue weighted by atomic mass is 79.9. The number of amides is 2. The number of halogens is 2. The van der Waals surface area contributed by atoms with Crippen molar-refractivity contribution in [2.45, 2.75) is 0 Å². The zero-order chi connectivity index (χ0) is 15.6. The molecule has 0 saturated carbocycles. The van der Waals surface area contributed by atoms with Gasteiger partial charge in [0.05, 0.1) is 10.7 Å². The van der Waals surface area contributed by atoms with Gasteiger partial charge < -0.3 is 14.8 Å². The third kappa shape index (κ3) is 3.72. The highest BCUT2D eigenvalue weighted by Crippen LogP contribution is 2.26. The Morgan fingerprint density at radius 3 is 2.67 bits per heavy atom. The molecule has 0 radical (unpaired) electrons. The minimum atomic E-state index is -1.23. The Hall–Kier alpha value is -1.64. The molecule has 0 atom stereocenters. The minimum absolute atomic E-state index is 0.191. The van der Waals surface area contributed by atoms with E-state index in [-0.39, 0.29) is 11.4 Å². The van der Waals surface area contributed by atoms with Crippen molar-refractivity contribution in [3.05, 3.63) is 45.8 Å². The summed E-state index contributed by atoms with van der Waals surface area (Å²) in [5, 5.41) is 11.8. The first-order valence-corrected chi connectivity index (χ1v) is 7.02. The van der Waals surface area contributed by atoms with Gasteiger partial charge in [0, 0.05) is 16.2 Å². The number of carboxylic acids is 1. The van der Waals surface area contributed by atoms with Gasteiger partial charge in [-0.1, -0.05) is 24.4 Å². The van der Waals surface area contributed by atoms with E-state index >= 15 is 0 Å². The number of rotatable bonds is 3. The number of carboxylic acid groups (broad SMARTS) is 1. The van der Waals surface area contributed by atoms with Gasteiger partial charge in [0.15, 0.2) is 0 Å². The summed E-state index contributed by atoms with van der Waals surface area (Å²) in [6.07, 6.45) is 1.12. The molecule has 1 aromatic heterocycles. The Morgan fingerprint density at radius 2 is 2.10 bits per heavy atom. The third-order valence-electron chi connectivity index (χ3n) is 2.40. The van der Waals surface area contributed by atoms with Crippen LogP contribution in [0.3, 0.4) is 0 Å². The fourth-order valence-corrected chi connectivity index (χ4v) is 2.00. The predicted octanol–water partition coefficient (Wildman–Crippen LogP) is 4.28. The average molecular weight is 392 g/mol. The van der Waals surface area contributed by atoms with Crippen LogP contribution in [0.5, 0.6) is 0 Å². The summed E-state index contributed by atoms with van der Waals surface area (Å²) in [4.78, 5) is 22.7. The molecule has 0 bridgehead atoms. The number of nitrogens with zero attached hydrogens (tertiary/aromatic N) is 1. The van der Waals surface area contributed by atoms with Crippen molar-refractivity contribution in [3.8, 4) is 0 Å². The van der Waals surface area contributed by atoms with Gasteiger partial charge in [0.2, 0.25) is 5.76 Å². The fraction of sp³-hybridized carbons (Fsp3) is 0. The zero-order valence-corrected chi connectivity index (χ0v) is 13.4. The van der Waals surface area contributed by atoms with Crippen LogP contribution in [0.1, 0.15) is 10.6 Å². The fourth-order valence-electron chi connectivity index (χ4n) is 1.42. The van der Waals surface area contributed by atoms with Crippen molar-refractivity contribution >= 4 is 63.7 Å². The number of benzene rings is 1. The summed E-state index contributed by atoms with van der Waals surface area (Å²) in [5.74, 6) is -1.52. The van der Waals surface area contributed by atoms with Gasteiger partial charge in [0.1, 0.15) is 6.26 Å². The van der Waals surface area contributed by atoms with Crippen LogP contribution in [-0.4, -0.2) is 17.1 Å². The Labute approximate surface area is 138 Å². The molecule has 9 heteroatoms. The molecular formula is C12H8BrClN2O4S. The van der Waals surface area contributed by atoms with Crippen molar-refractivity contribution in [1.82, 2.24) is 0 Å². The number of nitrogens with one attached hydrogen (secondary N) is 1. The number of urea groups is 1. The van der Waals surface area contributed by atoms with Crippen molar-refractivity contribution in [2.75, 3.05) is 9.62 Å². The molecule has 0 saturated heterocycles. The van der Waals surface area contributed by atoms with Gasteiger partial charge >= 0.3 is 12.0 Å². The maximum atomic E-state index is 12.0. The lowest BCUT2D eigenvalue weighted by molar-refractivity contribution is 0.0662. The molecule has 0 aliphatic carbocycles. The number of carbonyl (C=O) groups excluding carboxylic acids is 1. The lowest BCUT2D eigenvalue weighted by Crippen LogP contribution is -2.26. The van der Waals surface area contributed by atoms with Crippen LogP contribution in [0, 0.1) is 0 Å². The summed E-state index contributed by atoms with van der Waals surface area (Å²) in [7, 11) is 0. The van der Waals surface area contributed by atoms with Crippen LogP contribution < -0.4 is 9.62 Å². The lowest BCUT2D eigenvalue weighted by Gasteiger charge is -2.14. The number of aromatic carboxylic acids is 1. The summed E-state index contributed by atoms with van der Waals surface area (Å²) in [6.45, 7) is 0. The first kappa shape index (κ1) is 15.7. The van der Waals surface area contributed by atoms with E-state index in [4.69, 9.17) is 21.1 Å². The highest BCUT2D eigenvalue weighted by Gasteiger charge is 2.17. The molecule has 0 unspecified atom stereocenters. The normalized spacial score (nSPS) is 10.2. The quantitative estimate of drug-likeness (QED) is 0.682. The van der Waals surface area contributed by atoms with E-state index < -0.39 is 12.0 Å². The van der Waals surface area contributed by atoms with Crippen LogP contribution in [-0.2, 0) is 0 Å². The van der Waals surface area contributed by atoms with Crippen LogP contribution in [0.25, 0.3) is 0 Å². The van der Waals surface area contributed by atoms with E-state index in [1.165, 1.54) is 6.07 Å². The van der Waals surface area contributed by atoms with E-state index in [0.29, 0.717) is 15.2 Å².